The Kier molecular flexibility index (Phi) is 4.03. The highest BCUT2D eigenvalue weighted by Crippen LogP contribution is 2.53. The summed E-state index contributed by atoms with van der Waals surface area (Å²) in [5.74, 6) is -0.262. The molecule has 0 N–H and O–H groups in total. The molecule has 2 saturated heterocycles. The Hall–Kier alpha value is -2.73. The normalized spacial score (nSPS) is 25.4. The van der Waals surface area contributed by atoms with Crippen LogP contribution in [0, 0.1) is 5.41 Å². The number of carbonyl (C=O) groups excluding carboxylic acids is 2. The molecule has 3 heterocycles. The van der Waals surface area contributed by atoms with Gasteiger partial charge < -0.3 is 4.90 Å². The highest BCUT2D eigenvalue weighted by atomic mass is 32.1. The maximum Gasteiger partial charge on any atom is 0.246 e. The fourth-order valence-electron chi connectivity index (χ4n) is 5.56. The summed E-state index contributed by atoms with van der Waals surface area (Å²) in [7, 11) is 3.37. The molecule has 0 aliphatic carbocycles. The number of anilines is 1. The molecule has 148 valence electrons. The van der Waals surface area contributed by atoms with Gasteiger partial charge >= 0.3 is 0 Å². The van der Waals surface area contributed by atoms with Crippen LogP contribution in [0.5, 0.6) is 0 Å². The van der Waals surface area contributed by atoms with Gasteiger partial charge in [0.1, 0.15) is 0 Å². The van der Waals surface area contributed by atoms with E-state index in [0.717, 1.165) is 24.2 Å². The molecule has 29 heavy (non-hydrogen) atoms. The highest BCUT2D eigenvalue weighted by Gasteiger charge is 2.65. The van der Waals surface area contributed by atoms with Gasteiger partial charge in [0.15, 0.2) is 10.5 Å². The van der Waals surface area contributed by atoms with E-state index in [0.29, 0.717) is 6.42 Å². The van der Waals surface area contributed by atoms with Crippen molar-refractivity contribution >= 4 is 34.8 Å². The predicted molar refractivity (Wildman–Crippen MR) is 116 cm³/mol. The lowest BCUT2D eigenvalue weighted by Crippen LogP contribution is -2.71. The molecule has 0 bridgehead atoms. The standard InChI is InChI=1S/C23H23N3O2S/c1-24-20(27)23(21(28)25(2)22(24)29)14-16-10-6-7-11-18(16)26-13-12-17(19(23)26)15-8-4-3-5-9-15/h3-11,17,19H,12-14H2,1-2H3/t17-,19+/m0/s1. The average molecular weight is 406 g/mol. The molecule has 0 aromatic heterocycles. The quantitative estimate of drug-likeness (QED) is 0.541. The van der Waals surface area contributed by atoms with E-state index in [1.165, 1.54) is 15.4 Å². The van der Waals surface area contributed by atoms with Crippen molar-refractivity contribution in [1.29, 1.82) is 0 Å². The van der Waals surface area contributed by atoms with Crippen LogP contribution in [0.25, 0.3) is 0 Å². The molecular weight excluding hydrogens is 382 g/mol. The maximum absolute atomic E-state index is 13.8. The van der Waals surface area contributed by atoms with Gasteiger partial charge in [-0.1, -0.05) is 48.5 Å². The first kappa shape index (κ1) is 18.3. The van der Waals surface area contributed by atoms with E-state index >= 15 is 0 Å². The van der Waals surface area contributed by atoms with Gasteiger partial charge in [0, 0.05) is 32.2 Å². The number of thiocarbonyl (C=S) groups is 1. The van der Waals surface area contributed by atoms with Crippen molar-refractivity contribution < 1.29 is 9.59 Å². The molecule has 5 rings (SSSR count). The van der Waals surface area contributed by atoms with Gasteiger partial charge in [-0.3, -0.25) is 19.4 Å². The summed E-state index contributed by atoms with van der Waals surface area (Å²) in [5.41, 5.74) is 2.20. The summed E-state index contributed by atoms with van der Waals surface area (Å²) in [4.78, 5) is 32.8. The number of amides is 2. The van der Waals surface area contributed by atoms with Crippen LogP contribution in [0.4, 0.5) is 5.69 Å². The zero-order valence-electron chi connectivity index (χ0n) is 16.5. The summed E-state index contributed by atoms with van der Waals surface area (Å²) in [5, 5.41) is 0.269. The van der Waals surface area contributed by atoms with Crippen LogP contribution in [0.2, 0.25) is 0 Å². The molecule has 2 aromatic carbocycles. The summed E-state index contributed by atoms with van der Waals surface area (Å²) < 4.78 is 0. The van der Waals surface area contributed by atoms with Crippen LogP contribution in [-0.2, 0) is 16.0 Å². The number of fused-ring (bicyclic) bond motifs is 4. The van der Waals surface area contributed by atoms with E-state index in [9.17, 15) is 9.59 Å². The lowest BCUT2D eigenvalue weighted by atomic mass is 9.64. The molecule has 2 atom stereocenters. The number of hydrogen-bond acceptors (Lipinski definition) is 4. The molecule has 2 aromatic rings. The molecule has 0 radical (unpaired) electrons. The second kappa shape index (κ2) is 6.39. The van der Waals surface area contributed by atoms with Crippen LogP contribution < -0.4 is 4.90 Å². The molecule has 5 nitrogen and oxygen atoms in total. The number of nitrogens with zero attached hydrogens (tertiary/aromatic N) is 3. The van der Waals surface area contributed by atoms with Crippen molar-refractivity contribution in [2.45, 2.75) is 24.8 Å². The molecule has 1 spiro atoms. The Morgan fingerprint density at radius 1 is 0.931 bits per heavy atom. The third-order valence-corrected chi connectivity index (χ3v) is 7.40. The minimum atomic E-state index is -1.17. The van der Waals surface area contributed by atoms with Crippen LogP contribution >= 0.6 is 12.2 Å². The number of hydrogen-bond donors (Lipinski definition) is 0. The Bertz CT molecular complexity index is 998. The van der Waals surface area contributed by atoms with E-state index in [2.05, 4.69) is 23.1 Å². The van der Waals surface area contributed by atoms with Crippen LogP contribution in [-0.4, -0.2) is 53.4 Å². The lowest BCUT2D eigenvalue weighted by Gasteiger charge is -2.53. The Morgan fingerprint density at radius 3 is 2.24 bits per heavy atom. The molecule has 6 heteroatoms. The smallest absolute Gasteiger partial charge is 0.246 e. The highest BCUT2D eigenvalue weighted by molar-refractivity contribution is 7.80. The van der Waals surface area contributed by atoms with Gasteiger partial charge in [-0.05, 0) is 42.3 Å². The van der Waals surface area contributed by atoms with Gasteiger partial charge in [0.2, 0.25) is 11.8 Å². The van der Waals surface area contributed by atoms with Crippen LogP contribution in [0.1, 0.15) is 23.5 Å². The number of benzene rings is 2. The topological polar surface area (TPSA) is 43.9 Å². The monoisotopic (exact) mass is 405 g/mol. The van der Waals surface area contributed by atoms with Crippen molar-refractivity contribution in [2.24, 2.45) is 5.41 Å². The van der Waals surface area contributed by atoms with Crippen LogP contribution in [0.3, 0.4) is 0 Å². The fraction of sp³-hybridized carbons (Fsp3) is 0.348. The van der Waals surface area contributed by atoms with Gasteiger partial charge in [0.05, 0.1) is 6.04 Å². The third kappa shape index (κ3) is 2.35. The second-order valence-electron chi connectivity index (χ2n) is 8.23. The average Bonchev–Trinajstić information content (AvgIpc) is 3.22. The second-order valence-corrected chi connectivity index (χ2v) is 8.60. The molecule has 0 unspecified atom stereocenters. The first-order chi connectivity index (χ1) is 14.0. The zero-order chi connectivity index (χ0) is 20.3. The van der Waals surface area contributed by atoms with Gasteiger partial charge in [0.25, 0.3) is 0 Å². The SMILES string of the molecule is CN1C(=O)C2(Cc3ccccc3N3CC[C@@H](c4ccccc4)[C@@H]32)C(=O)N(C)C1=S. The number of carbonyl (C=O) groups is 2. The van der Waals surface area contributed by atoms with Crippen molar-refractivity contribution in [3.63, 3.8) is 0 Å². The van der Waals surface area contributed by atoms with E-state index < -0.39 is 5.41 Å². The molecule has 2 amide bonds. The van der Waals surface area contributed by atoms with Gasteiger partial charge in [-0.25, -0.2) is 0 Å². The molecule has 3 aliphatic heterocycles. The zero-order valence-corrected chi connectivity index (χ0v) is 17.4. The van der Waals surface area contributed by atoms with Gasteiger partial charge in [-0.15, -0.1) is 0 Å². The first-order valence-electron chi connectivity index (χ1n) is 9.96. The summed E-state index contributed by atoms with van der Waals surface area (Å²) in [6.07, 6.45) is 1.31. The lowest BCUT2D eigenvalue weighted by molar-refractivity contribution is -0.157. The maximum atomic E-state index is 13.8. The van der Waals surface area contributed by atoms with Crippen molar-refractivity contribution in [3.8, 4) is 0 Å². The first-order valence-corrected chi connectivity index (χ1v) is 10.4. The van der Waals surface area contributed by atoms with E-state index in [-0.39, 0.29) is 28.9 Å². The minimum Gasteiger partial charge on any atom is -0.366 e. The molecule has 3 aliphatic rings. The predicted octanol–water partition coefficient (Wildman–Crippen LogP) is 2.81. The Labute approximate surface area is 175 Å². The van der Waals surface area contributed by atoms with Crippen molar-refractivity contribution in [1.82, 2.24) is 9.80 Å². The Morgan fingerprint density at radius 2 is 1.55 bits per heavy atom. The number of rotatable bonds is 1. The molecule has 2 fully saturated rings. The number of para-hydroxylation sites is 1. The van der Waals surface area contributed by atoms with Gasteiger partial charge in [-0.2, -0.15) is 0 Å². The Balaban J connectivity index is 1.74. The minimum absolute atomic E-state index is 0.103. The summed E-state index contributed by atoms with van der Waals surface area (Å²) in [6.45, 7) is 0.821. The van der Waals surface area contributed by atoms with Crippen molar-refractivity contribution in [2.75, 3.05) is 25.5 Å². The van der Waals surface area contributed by atoms with E-state index in [4.69, 9.17) is 12.2 Å². The molecule has 0 saturated carbocycles. The summed E-state index contributed by atoms with van der Waals surface area (Å²) >= 11 is 5.38. The molecular formula is C23H23N3O2S. The van der Waals surface area contributed by atoms with E-state index in [1.807, 2.05) is 36.4 Å². The summed E-state index contributed by atoms with van der Waals surface area (Å²) in [6, 6.07) is 18.2. The largest absolute Gasteiger partial charge is 0.366 e. The van der Waals surface area contributed by atoms with Crippen molar-refractivity contribution in [3.05, 3.63) is 65.7 Å². The van der Waals surface area contributed by atoms with Crippen LogP contribution in [0.15, 0.2) is 54.6 Å². The third-order valence-electron chi connectivity index (χ3n) is 6.85. The van der Waals surface area contributed by atoms with E-state index in [1.54, 1.807) is 14.1 Å². The fourth-order valence-corrected chi connectivity index (χ4v) is 5.73.